The highest BCUT2D eigenvalue weighted by atomic mass is 16.5. The van der Waals surface area contributed by atoms with Crippen molar-refractivity contribution < 1.29 is 4.74 Å². The third-order valence-electron chi connectivity index (χ3n) is 3.69. The van der Waals surface area contributed by atoms with Crippen LogP contribution in [0.4, 0.5) is 11.5 Å². The first-order valence-corrected chi connectivity index (χ1v) is 6.91. The Labute approximate surface area is 119 Å². The molecule has 4 nitrogen and oxygen atoms in total. The molecule has 1 aromatic heterocycles. The second-order valence-corrected chi connectivity index (χ2v) is 5.08. The lowest BCUT2D eigenvalue weighted by atomic mass is 10.1. The van der Waals surface area contributed by atoms with Gasteiger partial charge in [-0.05, 0) is 49.1 Å². The predicted octanol–water partition coefficient (Wildman–Crippen LogP) is 2.77. The fourth-order valence-electron chi connectivity index (χ4n) is 2.64. The summed E-state index contributed by atoms with van der Waals surface area (Å²) in [5.41, 5.74) is 10.2. The Kier molecular flexibility index (Phi) is 3.46. The van der Waals surface area contributed by atoms with Gasteiger partial charge in [0.1, 0.15) is 11.6 Å². The molecule has 0 aliphatic heterocycles. The molecule has 1 heterocycles. The van der Waals surface area contributed by atoms with Gasteiger partial charge in [-0.2, -0.15) is 0 Å². The van der Waals surface area contributed by atoms with Gasteiger partial charge in [0, 0.05) is 23.5 Å². The molecule has 2 aromatic rings. The first kappa shape index (κ1) is 12.8. The summed E-state index contributed by atoms with van der Waals surface area (Å²) in [5, 5.41) is 3.35. The van der Waals surface area contributed by atoms with E-state index in [0.29, 0.717) is 6.54 Å². The molecule has 0 unspecified atom stereocenters. The Bertz CT molecular complexity index is 625. The molecule has 0 saturated heterocycles. The third-order valence-corrected chi connectivity index (χ3v) is 3.69. The zero-order valence-electron chi connectivity index (χ0n) is 11.6. The van der Waals surface area contributed by atoms with Gasteiger partial charge in [-0.25, -0.2) is 4.98 Å². The van der Waals surface area contributed by atoms with Crippen molar-refractivity contribution in [2.45, 2.75) is 25.8 Å². The van der Waals surface area contributed by atoms with Gasteiger partial charge in [0.25, 0.3) is 0 Å². The molecule has 0 atom stereocenters. The maximum Gasteiger partial charge on any atom is 0.126 e. The van der Waals surface area contributed by atoms with E-state index in [1.54, 1.807) is 7.11 Å². The monoisotopic (exact) mass is 269 g/mol. The van der Waals surface area contributed by atoms with Crippen molar-refractivity contribution in [2.24, 2.45) is 0 Å². The minimum absolute atomic E-state index is 0.653. The molecule has 0 fully saturated rings. The average molecular weight is 269 g/mol. The standard InChI is InChI=1S/C16H19N3O/c1-20-15-7-6-13(17)9-12(15)10-18-16-8-5-11-3-2-4-14(11)19-16/h5-9H,2-4,10,17H2,1H3,(H,18,19). The first-order chi connectivity index (χ1) is 9.76. The molecule has 3 N–H and O–H groups in total. The lowest BCUT2D eigenvalue weighted by molar-refractivity contribution is 0.410. The Balaban J connectivity index is 1.75. The number of aromatic nitrogens is 1. The predicted molar refractivity (Wildman–Crippen MR) is 81.0 cm³/mol. The van der Waals surface area contributed by atoms with E-state index in [-0.39, 0.29) is 0 Å². The van der Waals surface area contributed by atoms with E-state index in [1.807, 2.05) is 24.3 Å². The number of pyridine rings is 1. The van der Waals surface area contributed by atoms with Crippen LogP contribution in [0.25, 0.3) is 0 Å². The summed E-state index contributed by atoms with van der Waals surface area (Å²) in [4.78, 5) is 4.66. The lowest BCUT2D eigenvalue weighted by Crippen LogP contribution is -2.05. The summed E-state index contributed by atoms with van der Waals surface area (Å²) >= 11 is 0. The van der Waals surface area contributed by atoms with E-state index >= 15 is 0 Å². The molecule has 0 spiro atoms. The maximum absolute atomic E-state index is 5.83. The third kappa shape index (κ3) is 2.54. The van der Waals surface area contributed by atoms with Crippen molar-refractivity contribution in [2.75, 3.05) is 18.2 Å². The topological polar surface area (TPSA) is 60.2 Å². The van der Waals surface area contributed by atoms with Crippen molar-refractivity contribution in [3.63, 3.8) is 0 Å². The van der Waals surface area contributed by atoms with Gasteiger partial charge in [-0.1, -0.05) is 6.07 Å². The van der Waals surface area contributed by atoms with E-state index < -0.39 is 0 Å². The van der Waals surface area contributed by atoms with Crippen LogP contribution in [0.15, 0.2) is 30.3 Å². The summed E-state index contributed by atoms with van der Waals surface area (Å²) in [5.74, 6) is 1.75. The smallest absolute Gasteiger partial charge is 0.126 e. The van der Waals surface area contributed by atoms with Crippen LogP contribution in [0.2, 0.25) is 0 Å². The number of rotatable bonds is 4. The SMILES string of the molecule is COc1ccc(N)cc1CNc1ccc2c(n1)CCC2. The molecule has 1 aliphatic carbocycles. The van der Waals surface area contributed by atoms with Gasteiger partial charge in [0.2, 0.25) is 0 Å². The molecular weight excluding hydrogens is 250 g/mol. The number of fused-ring (bicyclic) bond motifs is 1. The quantitative estimate of drug-likeness (QED) is 0.838. The Morgan fingerprint density at radius 3 is 3.00 bits per heavy atom. The number of nitrogens with zero attached hydrogens (tertiary/aromatic N) is 1. The average Bonchev–Trinajstić information content (AvgIpc) is 2.92. The zero-order valence-corrected chi connectivity index (χ0v) is 11.6. The lowest BCUT2D eigenvalue weighted by Gasteiger charge is -2.11. The van der Waals surface area contributed by atoms with E-state index in [1.165, 1.54) is 17.7 Å². The molecule has 1 aromatic carbocycles. The number of methoxy groups -OCH3 is 1. The van der Waals surface area contributed by atoms with Crippen LogP contribution in [0.3, 0.4) is 0 Å². The minimum atomic E-state index is 0.653. The van der Waals surface area contributed by atoms with Gasteiger partial charge in [0.15, 0.2) is 0 Å². The number of hydrogen-bond acceptors (Lipinski definition) is 4. The van der Waals surface area contributed by atoms with Crippen LogP contribution in [0.1, 0.15) is 23.2 Å². The molecule has 104 valence electrons. The highest BCUT2D eigenvalue weighted by Crippen LogP contribution is 2.24. The zero-order chi connectivity index (χ0) is 13.9. The highest BCUT2D eigenvalue weighted by Gasteiger charge is 2.12. The fourth-order valence-corrected chi connectivity index (χ4v) is 2.64. The summed E-state index contributed by atoms with van der Waals surface area (Å²) in [6.45, 7) is 0.653. The van der Waals surface area contributed by atoms with Gasteiger partial charge < -0.3 is 15.8 Å². The van der Waals surface area contributed by atoms with Crippen molar-refractivity contribution >= 4 is 11.5 Å². The van der Waals surface area contributed by atoms with Crippen LogP contribution >= 0.6 is 0 Å². The van der Waals surface area contributed by atoms with E-state index in [9.17, 15) is 0 Å². The van der Waals surface area contributed by atoms with Gasteiger partial charge >= 0.3 is 0 Å². The van der Waals surface area contributed by atoms with Crippen molar-refractivity contribution in [3.05, 3.63) is 47.2 Å². The van der Waals surface area contributed by atoms with Crippen molar-refractivity contribution in [1.29, 1.82) is 0 Å². The number of hydrogen-bond donors (Lipinski definition) is 2. The number of nitrogen functional groups attached to an aromatic ring is 1. The molecule has 0 saturated carbocycles. The van der Waals surface area contributed by atoms with Crippen LogP contribution in [0.5, 0.6) is 5.75 Å². The van der Waals surface area contributed by atoms with Crippen LogP contribution in [-0.2, 0) is 19.4 Å². The summed E-state index contributed by atoms with van der Waals surface area (Å²) in [7, 11) is 1.67. The molecule has 20 heavy (non-hydrogen) atoms. The van der Waals surface area contributed by atoms with Crippen LogP contribution in [-0.4, -0.2) is 12.1 Å². The number of nitrogens with two attached hydrogens (primary N) is 1. The van der Waals surface area contributed by atoms with E-state index in [0.717, 1.165) is 35.7 Å². The van der Waals surface area contributed by atoms with Gasteiger partial charge in [-0.15, -0.1) is 0 Å². The maximum atomic E-state index is 5.83. The number of aryl methyl sites for hydroxylation is 2. The second-order valence-electron chi connectivity index (χ2n) is 5.08. The molecule has 3 rings (SSSR count). The molecule has 1 aliphatic rings. The largest absolute Gasteiger partial charge is 0.496 e. The Hall–Kier alpha value is -2.23. The number of nitrogens with one attached hydrogen (secondary N) is 1. The van der Waals surface area contributed by atoms with Crippen LogP contribution < -0.4 is 15.8 Å². The van der Waals surface area contributed by atoms with E-state index in [4.69, 9.17) is 10.5 Å². The number of anilines is 2. The fraction of sp³-hybridized carbons (Fsp3) is 0.312. The summed E-state index contributed by atoms with van der Waals surface area (Å²) in [6.07, 6.45) is 3.47. The Morgan fingerprint density at radius 2 is 2.15 bits per heavy atom. The summed E-state index contributed by atoms with van der Waals surface area (Å²) in [6, 6.07) is 9.88. The number of benzene rings is 1. The van der Waals surface area contributed by atoms with Crippen molar-refractivity contribution in [3.8, 4) is 5.75 Å². The molecular formula is C16H19N3O. The number of ether oxygens (including phenoxy) is 1. The van der Waals surface area contributed by atoms with Crippen molar-refractivity contribution in [1.82, 2.24) is 4.98 Å². The van der Waals surface area contributed by atoms with Crippen LogP contribution in [0, 0.1) is 0 Å². The molecule has 0 radical (unpaired) electrons. The highest BCUT2D eigenvalue weighted by molar-refractivity contribution is 5.50. The van der Waals surface area contributed by atoms with Gasteiger partial charge in [-0.3, -0.25) is 0 Å². The minimum Gasteiger partial charge on any atom is -0.496 e. The first-order valence-electron chi connectivity index (χ1n) is 6.91. The molecule has 0 bridgehead atoms. The van der Waals surface area contributed by atoms with Gasteiger partial charge in [0.05, 0.1) is 7.11 Å². The molecule has 0 amide bonds. The Morgan fingerprint density at radius 1 is 1.25 bits per heavy atom. The molecule has 4 heteroatoms. The summed E-state index contributed by atoms with van der Waals surface area (Å²) < 4.78 is 5.35. The normalized spacial score (nSPS) is 13.1. The second kappa shape index (κ2) is 5.41. The van der Waals surface area contributed by atoms with E-state index in [2.05, 4.69) is 16.4 Å².